The quantitative estimate of drug-likeness (QED) is 0.908. The predicted octanol–water partition coefficient (Wildman–Crippen LogP) is 2.46. The van der Waals surface area contributed by atoms with Crippen LogP contribution in [0.15, 0.2) is 12.4 Å². The minimum absolute atomic E-state index is 0.236. The van der Waals surface area contributed by atoms with Gasteiger partial charge in [-0.2, -0.15) is 0 Å². The Balaban J connectivity index is 2.20. The first-order valence-electron chi connectivity index (χ1n) is 4.79. The molecule has 0 aromatic carbocycles. The lowest BCUT2D eigenvalue weighted by molar-refractivity contribution is 0.102. The van der Waals surface area contributed by atoms with E-state index in [1.807, 2.05) is 6.92 Å². The Kier molecular flexibility index (Phi) is 3.35. The molecule has 2 heterocycles. The zero-order chi connectivity index (χ0) is 12.4. The molecule has 2 aromatic rings. The Labute approximate surface area is 107 Å². The van der Waals surface area contributed by atoms with E-state index in [1.165, 1.54) is 23.7 Å². The van der Waals surface area contributed by atoms with Crippen LogP contribution < -0.4 is 5.32 Å². The molecule has 0 saturated heterocycles. The van der Waals surface area contributed by atoms with Crippen LogP contribution in [0.5, 0.6) is 0 Å². The first kappa shape index (κ1) is 11.9. The summed E-state index contributed by atoms with van der Waals surface area (Å²) in [5.41, 5.74) is 0.708. The van der Waals surface area contributed by atoms with E-state index in [4.69, 9.17) is 11.6 Å². The highest BCUT2D eigenvalue weighted by molar-refractivity contribution is 7.13. The molecule has 0 bridgehead atoms. The number of rotatable bonds is 2. The van der Waals surface area contributed by atoms with E-state index in [0.29, 0.717) is 16.4 Å². The zero-order valence-electron chi connectivity index (χ0n) is 9.19. The fraction of sp³-hybridized carbons (Fsp3) is 0.200. The summed E-state index contributed by atoms with van der Waals surface area (Å²) in [7, 11) is 0. The van der Waals surface area contributed by atoms with Gasteiger partial charge in [0.25, 0.3) is 5.91 Å². The maximum atomic E-state index is 11.9. The number of hydrogen-bond acceptors (Lipinski definition) is 5. The lowest BCUT2D eigenvalue weighted by atomic mass is 10.4. The van der Waals surface area contributed by atoms with Gasteiger partial charge in [0.1, 0.15) is 10.0 Å². The number of carbonyl (C=O) groups excluding carboxylic acids is 1. The van der Waals surface area contributed by atoms with Crippen LogP contribution in [0.25, 0.3) is 0 Å². The summed E-state index contributed by atoms with van der Waals surface area (Å²) in [4.78, 5) is 24.4. The molecule has 0 fully saturated rings. The first-order valence-corrected chi connectivity index (χ1v) is 5.98. The highest BCUT2D eigenvalue weighted by atomic mass is 35.5. The number of anilines is 1. The largest absolute Gasteiger partial charge is 0.304 e. The molecule has 1 amide bonds. The summed E-state index contributed by atoms with van der Waals surface area (Å²) in [5, 5.41) is 3.71. The SMILES string of the molecule is Cc1nc(C)c(C(=O)Nc2cncc(Cl)n2)s1. The molecule has 2 aromatic heterocycles. The number of hydrogen-bond donors (Lipinski definition) is 1. The second kappa shape index (κ2) is 4.77. The Bertz CT molecular complexity index is 569. The van der Waals surface area contributed by atoms with E-state index in [-0.39, 0.29) is 11.1 Å². The molecule has 0 aliphatic carbocycles. The van der Waals surface area contributed by atoms with Gasteiger partial charge in [0.15, 0.2) is 5.82 Å². The molecule has 5 nitrogen and oxygen atoms in total. The van der Waals surface area contributed by atoms with Gasteiger partial charge in [-0.3, -0.25) is 9.78 Å². The van der Waals surface area contributed by atoms with Crippen molar-refractivity contribution in [1.29, 1.82) is 0 Å². The highest BCUT2D eigenvalue weighted by Gasteiger charge is 2.14. The van der Waals surface area contributed by atoms with Crippen molar-refractivity contribution >= 4 is 34.7 Å². The summed E-state index contributed by atoms with van der Waals surface area (Å²) in [6.07, 6.45) is 2.84. The van der Waals surface area contributed by atoms with E-state index in [1.54, 1.807) is 6.92 Å². The van der Waals surface area contributed by atoms with Crippen molar-refractivity contribution in [2.45, 2.75) is 13.8 Å². The highest BCUT2D eigenvalue weighted by Crippen LogP contribution is 2.18. The molecule has 17 heavy (non-hydrogen) atoms. The van der Waals surface area contributed by atoms with Gasteiger partial charge < -0.3 is 5.32 Å². The average Bonchev–Trinajstić information content (AvgIpc) is 2.58. The molecule has 0 spiro atoms. The number of nitrogens with zero attached hydrogens (tertiary/aromatic N) is 3. The lowest BCUT2D eigenvalue weighted by Gasteiger charge is -2.02. The number of halogens is 1. The standard InChI is InChI=1S/C10H9ClN4OS/c1-5-9(17-6(2)13-5)10(16)15-8-4-12-3-7(11)14-8/h3-4H,1-2H3,(H,14,15,16). The van der Waals surface area contributed by atoms with Gasteiger partial charge in [-0.1, -0.05) is 11.6 Å². The molecule has 1 N–H and O–H groups in total. The maximum absolute atomic E-state index is 11.9. The molecule has 88 valence electrons. The second-order valence-electron chi connectivity index (χ2n) is 3.33. The minimum Gasteiger partial charge on any atom is -0.304 e. The molecule has 0 aliphatic rings. The molecule has 2 rings (SSSR count). The molecule has 0 aliphatic heterocycles. The molecular weight excluding hydrogens is 260 g/mol. The predicted molar refractivity (Wildman–Crippen MR) is 66.6 cm³/mol. The number of aromatic nitrogens is 3. The van der Waals surface area contributed by atoms with E-state index in [9.17, 15) is 4.79 Å². The number of thiazole rings is 1. The Morgan fingerprint density at radius 3 is 2.71 bits per heavy atom. The van der Waals surface area contributed by atoms with Crippen LogP contribution in [0, 0.1) is 13.8 Å². The third-order valence-corrected chi connectivity index (χ3v) is 3.21. The minimum atomic E-state index is -0.246. The smallest absolute Gasteiger partial charge is 0.268 e. The summed E-state index contributed by atoms with van der Waals surface area (Å²) >= 11 is 7.02. The van der Waals surface area contributed by atoms with Gasteiger partial charge in [-0.15, -0.1) is 11.3 Å². The van der Waals surface area contributed by atoms with Crippen LogP contribution in [0.1, 0.15) is 20.4 Å². The van der Waals surface area contributed by atoms with Crippen LogP contribution in [0.3, 0.4) is 0 Å². The number of aryl methyl sites for hydroxylation is 2. The van der Waals surface area contributed by atoms with E-state index >= 15 is 0 Å². The summed E-state index contributed by atoms with van der Waals surface area (Å²) in [5.74, 6) is 0.0811. The number of nitrogens with one attached hydrogen (secondary N) is 1. The van der Waals surface area contributed by atoms with Crippen molar-refractivity contribution in [3.63, 3.8) is 0 Å². The Hall–Kier alpha value is -1.53. The fourth-order valence-corrected chi connectivity index (χ4v) is 2.28. The van der Waals surface area contributed by atoms with Gasteiger partial charge in [-0.05, 0) is 13.8 Å². The average molecular weight is 269 g/mol. The van der Waals surface area contributed by atoms with Crippen molar-refractivity contribution in [2.24, 2.45) is 0 Å². The van der Waals surface area contributed by atoms with Crippen molar-refractivity contribution in [1.82, 2.24) is 15.0 Å². The van der Waals surface area contributed by atoms with Crippen molar-refractivity contribution in [3.8, 4) is 0 Å². The van der Waals surface area contributed by atoms with Crippen LogP contribution in [-0.2, 0) is 0 Å². The Morgan fingerprint density at radius 1 is 1.35 bits per heavy atom. The Morgan fingerprint density at radius 2 is 2.12 bits per heavy atom. The normalized spacial score (nSPS) is 10.3. The first-order chi connectivity index (χ1) is 8.06. The molecule has 7 heteroatoms. The van der Waals surface area contributed by atoms with Crippen LogP contribution in [-0.4, -0.2) is 20.9 Å². The molecule has 0 unspecified atom stereocenters. The second-order valence-corrected chi connectivity index (χ2v) is 4.92. The topological polar surface area (TPSA) is 67.8 Å². The van der Waals surface area contributed by atoms with Gasteiger partial charge in [0.2, 0.25) is 0 Å². The van der Waals surface area contributed by atoms with E-state index < -0.39 is 0 Å². The van der Waals surface area contributed by atoms with Gasteiger partial charge >= 0.3 is 0 Å². The maximum Gasteiger partial charge on any atom is 0.268 e. The van der Waals surface area contributed by atoms with Gasteiger partial charge in [-0.25, -0.2) is 9.97 Å². The van der Waals surface area contributed by atoms with Crippen molar-refractivity contribution in [2.75, 3.05) is 5.32 Å². The lowest BCUT2D eigenvalue weighted by Crippen LogP contribution is -2.12. The van der Waals surface area contributed by atoms with Crippen molar-refractivity contribution < 1.29 is 4.79 Å². The number of carbonyl (C=O) groups is 1. The van der Waals surface area contributed by atoms with Crippen LogP contribution >= 0.6 is 22.9 Å². The summed E-state index contributed by atoms with van der Waals surface area (Å²) in [6, 6.07) is 0. The zero-order valence-corrected chi connectivity index (χ0v) is 10.8. The summed E-state index contributed by atoms with van der Waals surface area (Å²) in [6.45, 7) is 3.65. The molecular formula is C10H9ClN4OS. The van der Waals surface area contributed by atoms with Crippen LogP contribution in [0.2, 0.25) is 5.15 Å². The molecule has 0 atom stereocenters. The third kappa shape index (κ3) is 2.78. The fourth-order valence-electron chi connectivity index (χ4n) is 1.32. The van der Waals surface area contributed by atoms with E-state index in [0.717, 1.165) is 5.01 Å². The third-order valence-electron chi connectivity index (χ3n) is 1.96. The van der Waals surface area contributed by atoms with Gasteiger partial charge in [0, 0.05) is 0 Å². The monoisotopic (exact) mass is 268 g/mol. The van der Waals surface area contributed by atoms with Gasteiger partial charge in [0.05, 0.1) is 23.1 Å². The van der Waals surface area contributed by atoms with Crippen LogP contribution in [0.4, 0.5) is 5.82 Å². The molecule has 0 radical (unpaired) electrons. The van der Waals surface area contributed by atoms with Crippen molar-refractivity contribution in [3.05, 3.63) is 33.1 Å². The summed E-state index contributed by atoms with van der Waals surface area (Å²) < 4.78 is 0. The molecule has 0 saturated carbocycles. The number of amides is 1. The van der Waals surface area contributed by atoms with E-state index in [2.05, 4.69) is 20.3 Å².